The lowest BCUT2D eigenvalue weighted by atomic mass is 10.0. The summed E-state index contributed by atoms with van der Waals surface area (Å²) in [6.45, 7) is 2.30. The van der Waals surface area contributed by atoms with Gasteiger partial charge in [-0.05, 0) is 12.8 Å². The molecular weight excluding hydrogens is 124 g/mol. The van der Waals surface area contributed by atoms with Gasteiger partial charge in [-0.25, -0.2) is 0 Å². The molecule has 3 aliphatic rings. The van der Waals surface area contributed by atoms with Crippen LogP contribution >= 0.6 is 0 Å². The zero-order valence-electron chi connectivity index (χ0n) is 6.14. The number of hydrogen-bond acceptors (Lipinski definition) is 2. The second kappa shape index (κ2) is 2.72. The lowest BCUT2D eigenvalue weighted by Crippen LogP contribution is -2.54. The topological polar surface area (TPSA) is 24.1 Å². The number of fused-ring (bicyclic) bond motifs is 4. The third kappa shape index (κ3) is 1.22. The molecule has 1 saturated heterocycles. The Kier molecular flexibility index (Phi) is 1.74. The number of rotatable bonds is 0. The molecular formula is C8H14N2. The molecule has 10 heavy (non-hydrogen) atoms. The van der Waals surface area contributed by atoms with Crippen molar-refractivity contribution in [3.05, 3.63) is 12.2 Å². The first-order valence-corrected chi connectivity index (χ1v) is 4.07. The first kappa shape index (κ1) is 6.38. The Labute approximate surface area is 61.7 Å². The van der Waals surface area contributed by atoms with Gasteiger partial charge < -0.3 is 10.6 Å². The minimum atomic E-state index is 0.688. The van der Waals surface area contributed by atoms with E-state index in [4.69, 9.17) is 0 Å². The SMILES string of the molecule is C1=C\C[C@H]2CN[C@@H](C/1)CN2. The van der Waals surface area contributed by atoms with Crippen molar-refractivity contribution in [2.24, 2.45) is 0 Å². The highest BCUT2D eigenvalue weighted by atomic mass is 15.1. The molecule has 0 radical (unpaired) electrons. The van der Waals surface area contributed by atoms with E-state index in [1.807, 2.05) is 0 Å². The summed E-state index contributed by atoms with van der Waals surface area (Å²) in [5.41, 5.74) is 0. The molecule has 0 aromatic rings. The van der Waals surface area contributed by atoms with Crippen molar-refractivity contribution in [2.45, 2.75) is 24.9 Å². The third-order valence-corrected chi connectivity index (χ3v) is 2.31. The van der Waals surface area contributed by atoms with Crippen molar-refractivity contribution in [3.8, 4) is 0 Å². The van der Waals surface area contributed by atoms with E-state index in [1.54, 1.807) is 0 Å². The molecule has 3 aliphatic heterocycles. The first-order chi connectivity index (χ1) is 4.95. The zero-order valence-corrected chi connectivity index (χ0v) is 6.14. The van der Waals surface area contributed by atoms with Gasteiger partial charge in [-0.1, -0.05) is 12.2 Å². The van der Waals surface area contributed by atoms with Gasteiger partial charge in [-0.2, -0.15) is 0 Å². The van der Waals surface area contributed by atoms with E-state index in [1.165, 1.54) is 12.8 Å². The number of hydrogen-bond donors (Lipinski definition) is 2. The molecule has 0 unspecified atom stereocenters. The standard InChI is InChI=1S/C8H14N2/c1-2-4-8-6-9-7(3-1)5-10-8/h1-2,7-10H,3-6H2/b2-1-/t7-,8-/m0/s1. The fourth-order valence-corrected chi connectivity index (χ4v) is 1.62. The average Bonchev–Trinajstić information content (AvgIpc) is 1.89. The largest absolute Gasteiger partial charge is 0.311 e. The van der Waals surface area contributed by atoms with Crippen LogP contribution in [0, 0.1) is 0 Å². The van der Waals surface area contributed by atoms with Gasteiger partial charge in [0.05, 0.1) is 0 Å². The van der Waals surface area contributed by atoms with Gasteiger partial charge in [0, 0.05) is 25.2 Å². The molecule has 2 N–H and O–H groups in total. The van der Waals surface area contributed by atoms with Gasteiger partial charge in [-0.3, -0.25) is 0 Å². The molecule has 0 aromatic heterocycles. The maximum absolute atomic E-state index is 3.51. The summed E-state index contributed by atoms with van der Waals surface area (Å²) in [6.07, 6.45) is 6.98. The minimum Gasteiger partial charge on any atom is -0.311 e. The van der Waals surface area contributed by atoms with Crippen molar-refractivity contribution in [1.82, 2.24) is 10.6 Å². The summed E-state index contributed by atoms with van der Waals surface area (Å²) in [7, 11) is 0. The molecule has 1 fully saturated rings. The Balaban J connectivity index is 2.06. The molecule has 2 heteroatoms. The van der Waals surface area contributed by atoms with Crippen LogP contribution < -0.4 is 10.6 Å². The van der Waals surface area contributed by atoms with E-state index < -0.39 is 0 Å². The molecule has 0 amide bonds. The predicted octanol–water partition coefficient (Wildman–Crippen LogP) is 0.266. The van der Waals surface area contributed by atoms with E-state index in [0.29, 0.717) is 12.1 Å². The fraction of sp³-hybridized carbons (Fsp3) is 0.750. The van der Waals surface area contributed by atoms with Crippen molar-refractivity contribution >= 4 is 0 Å². The van der Waals surface area contributed by atoms with E-state index >= 15 is 0 Å². The Hall–Kier alpha value is -0.340. The highest BCUT2D eigenvalue weighted by molar-refractivity contribution is 4.97. The molecule has 3 rings (SSSR count). The van der Waals surface area contributed by atoms with E-state index in [-0.39, 0.29) is 0 Å². The van der Waals surface area contributed by atoms with Gasteiger partial charge in [-0.15, -0.1) is 0 Å². The normalized spacial score (nSPS) is 42.4. The Bertz CT molecular complexity index is 118. The minimum absolute atomic E-state index is 0.688. The molecule has 2 bridgehead atoms. The van der Waals surface area contributed by atoms with Crippen LogP contribution in [0.1, 0.15) is 12.8 Å². The van der Waals surface area contributed by atoms with Crippen LogP contribution in [0.5, 0.6) is 0 Å². The number of piperazine rings is 1. The van der Waals surface area contributed by atoms with Crippen LogP contribution in [-0.2, 0) is 0 Å². The van der Waals surface area contributed by atoms with Crippen LogP contribution in [0.3, 0.4) is 0 Å². The van der Waals surface area contributed by atoms with Crippen LogP contribution in [0.2, 0.25) is 0 Å². The van der Waals surface area contributed by atoms with Gasteiger partial charge in [0.2, 0.25) is 0 Å². The molecule has 2 atom stereocenters. The van der Waals surface area contributed by atoms with Crippen LogP contribution in [0.15, 0.2) is 12.2 Å². The number of nitrogens with one attached hydrogen (secondary N) is 2. The van der Waals surface area contributed by atoms with Crippen molar-refractivity contribution < 1.29 is 0 Å². The molecule has 0 aromatic carbocycles. The summed E-state index contributed by atoms with van der Waals surface area (Å²) >= 11 is 0. The van der Waals surface area contributed by atoms with E-state index in [9.17, 15) is 0 Å². The molecule has 2 nitrogen and oxygen atoms in total. The van der Waals surface area contributed by atoms with Gasteiger partial charge in [0.1, 0.15) is 0 Å². The second-order valence-electron chi connectivity index (χ2n) is 3.15. The average molecular weight is 138 g/mol. The summed E-state index contributed by atoms with van der Waals surface area (Å²) in [5.74, 6) is 0. The van der Waals surface area contributed by atoms with Crippen molar-refractivity contribution in [3.63, 3.8) is 0 Å². The predicted molar refractivity (Wildman–Crippen MR) is 42.0 cm³/mol. The highest BCUT2D eigenvalue weighted by Crippen LogP contribution is 2.06. The fourth-order valence-electron chi connectivity index (χ4n) is 1.62. The molecule has 56 valence electrons. The molecule has 3 heterocycles. The molecule has 0 saturated carbocycles. The van der Waals surface area contributed by atoms with Crippen LogP contribution in [0.4, 0.5) is 0 Å². The van der Waals surface area contributed by atoms with Gasteiger partial charge in [0.25, 0.3) is 0 Å². The quantitative estimate of drug-likeness (QED) is 0.469. The van der Waals surface area contributed by atoms with Crippen LogP contribution in [0.25, 0.3) is 0 Å². The first-order valence-electron chi connectivity index (χ1n) is 4.07. The third-order valence-electron chi connectivity index (χ3n) is 2.31. The highest BCUT2D eigenvalue weighted by Gasteiger charge is 2.19. The van der Waals surface area contributed by atoms with Crippen molar-refractivity contribution in [2.75, 3.05) is 13.1 Å². The van der Waals surface area contributed by atoms with E-state index in [0.717, 1.165) is 13.1 Å². The monoisotopic (exact) mass is 138 g/mol. The summed E-state index contributed by atoms with van der Waals surface area (Å²) < 4.78 is 0. The van der Waals surface area contributed by atoms with Crippen LogP contribution in [-0.4, -0.2) is 25.2 Å². The smallest absolute Gasteiger partial charge is 0.0227 e. The second-order valence-corrected chi connectivity index (χ2v) is 3.15. The summed E-state index contributed by atoms with van der Waals surface area (Å²) in [6, 6.07) is 1.38. The Morgan fingerprint density at radius 3 is 1.80 bits per heavy atom. The van der Waals surface area contributed by atoms with Gasteiger partial charge in [0.15, 0.2) is 0 Å². The summed E-state index contributed by atoms with van der Waals surface area (Å²) in [5, 5.41) is 7.01. The Morgan fingerprint density at radius 2 is 1.40 bits per heavy atom. The summed E-state index contributed by atoms with van der Waals surface area (Å²) in [4.78, 5) is 0. The van der Waals surface area contributed by atoms with Crippen molar-refractivity contribution in [1.29, 1.82) is 0 Å². The Morgan fingerprint density at radius 1 is 0.900 bits per heavy atom. The molecule has 0 spiro atoms. The molecule has 0 aliphatic carbocycles. The van der Waals surface area contributed by atoms with E-state index in [2.05, 4.69) is 22.8 Å². The lowest BCUT2D eigenvalue weighted by Gasteiger charge is -2.31. The lowest BCUT2D eigenvalue weighted by molar-refractivity contribution is 0.340. The zero-order chi connectivity index (χ0) is 6.81. The van der Waals surface area contributed by atoms with Gasteiger partial charge >= 0.3 is 0 Å². The maximum atomic E-state index is 3.51. The maximum Gasteiger partial charge on any atom is 0.0227 e.